The molecule has 1 aromatic rings. The van der Waals surface area contributed by atoms with Gasteiger partial charge in [-0.1, -0.05) is 51.0 Å². The van der Waals surface area contributed by atoms with Crippen LogP contribution in [0.3, 0.4) is 0 Å². The highest BCUT2D eigenvalue weighted by molar-refractivity contribution is 5.90. The Morgan fingerprint density at radius 2 is 1.64 bits per heavy atom. The minimum absolute atomic E-state index is 0.0824. The number of nitrogens with zero attached hydrogens (tertiary/aromatic N) is 2. The summed E-state index contributed by atoms with van der Waals surface area (Å²) in [6.45, 7) is 14.7. The molecule has 330 valence electrons. The summed E-state index contributed by atoms with van der Waals surface area (Å²) in [5.74, 6) is -5.83. The van der Waals surface area contributed by atoms with Gasteiger partial charge in [0.2, 0.25) is 6.79 Å². The maximum atomic E-state index is 14.2. The molecule has 14 atom stereocenters. The number of hydrogen-bond donors (Lipinski definition) is 3. The zero-order valence-electron chi connectivity index (χ0n) is 36.3. The van der Waals surface area contributed by atoms with E-state index in [2.05, 4.69) is 5.16 Å². The molecule has 16 heteroatoms. The first kappa shape index (κ1) is 49.1. The summed E-state index contributed by atoms with van der Waals surface area (Å²) in [5.41, 5.74) is -3.35. The van der Waals surface area contributed by atoms with Gasteiger partial charge in [0.1, 0.15) is 17.8 Å². The second-order valence-electron chi connectivity index (χ2n) is 16.5. The highest BCUT2D eigenvalue weighted by Crippen LogP contribution is 2.39. The Balaban J connectivity index is 2.26. The molecular formula is C42H68N2O14. The van der Waals surface area contributed by atoms with Crippen LogP contribution in [0.15, 0.2) is 35.5 Å². The van der Waals surface area contributed by atoms with Gasteiger partial charge in [-0.15, -0.1) is 0 Å². The lowest BCUT2D eigenvalue weighted by molar-refractivity contribution is -0.301. The summed E-state index contributed by atoms with van der Waals surface area (Å²) in [4.78, 5) is 47.9. The molecule has 2 heterocycles. The first-order valence-corrected chi connectivity index (χ1v) is 20.2. The smallest absolute Gasteiger partial charge is 0.338 e. The maximum absolute atomic E-state index is 14.2. The molecule has 0 spiro atoms. The Labute approximate surface area is 343 Å². The second kappa shape index (κ2) is 21.9. The summed E-state index contributed by atoms with van der Waals surface area (Å²) in [6.07, 6.45) is -7.27. The highest BCUT2D eigenvalue weighted by atomic mass is 16.7. The SMILES string of the molecule is CC[C@H]1OC(=O)[C@H](C)[C@@H](OC(=O)c2ccccc2)[C@H](C)[C@@H](O[C@@H]2O[C@H](C)C[C@H](N(C)C)[C@H]2OC(C)=O)[C@](C)(O)C[C@@H](C)/C(=N\OCOCCOC)[C@H](C)[C@@H](O)[C@]1(C)O. The van der Waals surface area contributed by atoms with Gasteiger partial charge in [-0.25, -0.2) is 4.79 Å². The van der Waals surface area contributed by atoms with Crippen molar-refractivity contribution in [2.45, 2.75) is 142 Å². The van der Waals surface area contributed by atoms with E-state index in [0.717, 1.165) is 0 Å². The highest BCUT2D eigenvalue weighted by Gasteiger charge is 2.52. The number of cyclic esters (lactones) is 1. The van der Waals surface area contributed by atoms with Gasteiger partial charge in [0.05, 0.1) is 60.4 Å². The molecular weight excluding hydrogens is 756 g/mol. The van der Waals surface area contributed by atoms with E-state index < -0.39 is 89.6 Å². The van der Waals surface area contributed by atoms with E-state index in [-0.39, 0.29) is 49.7 Å². The Bertz CT molecular complexity index is 1490. The number of carbonyl (C=O) groups excluding carboxylic acids is 3. The fourth-order valence-electron chi connectivity index (χ4n) is 8.20. The molecule has 0 unspecified atom stereocenters. The normalized spacial score (nSPS) is 37.4. The van der Waals surface area contributed by atoms with Gasteiger partial charge in [-0.05, 0) is 73.2 Å². The van der Waals surface area contributed by atoms with Crippen LogP contribution in [0, 0.1) is 23.7 Å². The third kappa shape index (κ3) is 12.6. The predicted octanol–water partition coefficient (Wildman–Crippen LogP) is 3.72. The lowest BCUT2D eigenvalue weighted by atomic mass is 9.73. The van der Waals surface area contributed by atoms with Crippen LogP contribution in [0.4, 0.5) is 0 Å². The van der Waals surface area contributed by atoms with Crippen molar-refractivity contribution in [2.24, 2.45) is 28.8 Å². The van der Waals surface area contributed by atoms with Crippen LogP contribution < -0.4 is 0 Å². The fraction of sp³-hybridized carbons (Fsp3) is 0.762. The number of methoxy groups -OCH3 is 1. The molecule has 1 aromatic carbocycles. The molecule has 2 saturated heterocycles. The van der Waals surface area contributed by atoms with E-state index in [0.29, 0.717) is 13.0 Å². The van der Waals surface area contributed by atoms with Crippen LogP contribution >= 0.6 is 0 Å². The van der Waals surface area contributed by atoms with Gasteiger partial charge in [0.15, 0.2) is 12.4 Å². The van der Waals surface area contributed by atoms with Crippen LogP contribution in [0.1, 0.15) is 91.9 Å². The van der Waals surface area contributed by atoms with E-state index in [4.69, 9.17) is 38.0 Å². The average Bonchev–Trinajstić information content (AvgIpc) is 3.16. The number of hydrogen-bond acceptors (Lipinski definition) is 16. The monoisotopic (exact) mass is 824 g/mol. The molecule has 3 rings (SSSR count). The van der Waals surface area contributed by atoms with Crippen molar-refractivity contribution in [1.29, 1.82) is 0 Å². The largest absolute Gasteiger partial charge is 0.459 e. The third-order valence-corrected chi connectivity index (χ3v) is 11.3. The summed E-state index contributed by atoms with van der Waals surface area (Å²) < 4.78 is 41.6. The molecule has 0 saturated carbocycles. The molecule has 0 bridgehead atoms. The van der Waals surface area contributed by atoms with E-state index in [9.17, 15) is 29.7 Å². The second-order valence-corrected chi connectivity index (χ2v) is 16.5. The van der Waals surface area contributed by atoms with Gasteiger partial charge in [-0.3, -0.25) is 9.59 Å². The first-order valence-electron chi connectivity index (χ1n) is 20.2. The first-order chi connectivity index (χ1) is 27.2. The lowest BCUT2D eigenvalue weighted by Gasteiger charge is -2.48. The Hall–Kier alpha value is -3.22. The number of aliphatic hydroxyl groups is 3. The molecule has 2 aliphatic rings. The average molecular weight is 825 g/mol. The third-order valence-electron chi connectivity index (χ3n) is 11.3. The molecule has 0 aliphatic carbocycles. The van der Waals surface area contributed by atoms with Gasteiger partial charge < -0.3 is 58.2 Å². The molecule has 58 heavy (non-hydrogen) atoms. The van der Waals surface area contributed by atoms with Crippen LogP contribution in [-0.4, -0.2) is 145 Å². The van der Waals surface area contributed by atoms with Crippen LogP contribution in [0.5, 0.6) is 0 Å². The van der Waals surface area contributed by atoms with E-state index in [1.165, 1.54) is 27.9 Å². The predicted molar refractivity (Wildman–Crippen MR) is 212 cm³/mol. The minimum Gasteiger partial charge on any atom is -0.459 e. The van der Waals surface area contributed by atoms with Crippen molar-refractivity contribution in [3.05, 3.63) is 35.9 Å². The quantitative estimate of drug-likeness (QED) is 0.0854. The molecule has 0 radical (unpaired) electrons. The summed E-state index contributed by atoms with van der Waals surface area (Å²) in [7, 11) is 5.24. The van der Waals surface area contributed by atoms with Crippen molar-refractivity contribution in [2.75, 3.05) is 41.2 Å². The van der Waals surface area contributed by atoms with Crippen LogP contribution in [0.2, 0.25) is 0 Å². The maximum Gasteiger partial charge on any atom is 0.338 e. The molecule has 0 aromatic heterocycles. The van der Waals surface area contributed by atoms with Crippen molar-refractivity contribution in [3.63, 3.8) is 0 Å². The molecule has 2 fully saturated rings. The number of benzene rings is 1. The number of esters is 3. The molecule has 2 aliphatic heterocycles. The van der Waals surface area contributed by atoms with Gasteiger partial charge >= 0.3 is 17.9 Å². The van der Waals surface area contributed by atoms with Crippen molar-refractivity contribution in [3.8, 4) is 0 Å². The fourth-order valence-corrected chi connectivity index (χ4v) is 8.20. The molecule has 0 amide bonds. The Kier molecular flexibility index (Phi) is 18.5. The summed E-state index contributed by atoms with van der Waals surface area (Å²) in [5, 5.41) is 40.8. The van der Waals surface area contributed by atoms with Gasteiger partial charge in [0, 0.05) is 31.8 Å². The van der Waals surface area contributed by atoms with E-state index in [1.807, 2.05) is 25.9 Å². The molecule has 3 N–H and O–H groups in total. The topological polar surface area (TPSA) is 201 Å². The van der Waals surface area contributed by atoms with Crippen molar-refractivity contribution < 1.29 is 67.7 Å². The van der Waals surface area contributed by atoms with Crippen LogP contribution in [-0.2, 0) is 47.6 Å². The number of aliphatic hydroxyl groups excluding tert-OH is 1. The zero-order valence-corrected chi connectivity index (χ0v) is 36.3. The standard InChI is InChI=1S/C42H68N2O14/c1-13-32-42(9,50)36(46)26(4)33(43-53-23-52-20-19-51-12)24(2)22-41(8,49)37(58-40-35(55-29(7)45)31(44(10)11)21-25(3)54-40)27(5)34(28(6)38(47)56-32)57-39(48)30-17-15-14-16-18-30/h14-18,24-28,31-32,34-37,40,46,49-50H,13,19-23H2,1-12H3/b43-33+/t24-,25-,26+,27+,28-,31+,32-,34+,35-,36-,37-,40+,41-,42-/m1/s1. The number of ether oxygens (including phenoxy) is 7. The van der Waals surface area contributed by atoms with Crippen LogP contribution in [0.25, 0.3) is 0 Å². The van der Waals surface area contributed by atoms with Crippen molar-refractivity contribution in [1.82, 2.24) is 4.90 Å². The lowest BCUT2D eigenvalue weighted by Crippen LogP contribution is -2.61. The zero-order chi connectivity index (χ0) is 43.5. The minimum atomic E-state index is -2.00. The molecule has 16 nitrogen and oxygen atoms in total. The number of rotatable bonds is 13. The Morgan fingerprint density at radius 1 is 0.983 bits per heavy atom. The van der Waals surface area contributed by atoms with Gasteiger partial charge in [0.25, 0.3) is 0 Å². The van der Waals surface area contributed by atoms with E-state index >= 15 is 0 Å². The summed E-state index contributed by atoms with van der Waals surface area (Å²) >= 11 is 0. The number of likely N-dealkylation sites (N-methyl/N-ethyl adjacent to an activating group) is 1. The summed E-state index contributed by atoms with van der Waals surface area (Å²) in [6, 6.07) is 7.92. The number of oxime groups is 1. The Morgan fingerprint density at radius 3 is 2.22 bits per heavy atom. The van der Waals surface area contributed by atoms with Gasteiger partial charge in [-0.2, -0.15) is 0 Å². The number of carbonyl (C=O) groups is 3. The van der Waals surface area contributed by atoms with E-state index in [1.54, 1.807) is 65.0 Å². The van der Waals surface area contributed by atoms with Crippen molar-refractivity contribution >= 4 is 23.6 Å².